The third-order valence-corrected chi connectivity index (χ3v) is 3.56. The van der Waals surface area contributed by atoms with Crippen LogP contribution in [-0.2, 0) is 4.79 Å². The summed E-state index contributed by atoms with van der Waals surface area (Å²) < 4.78 is 10.9. The van der Waals surface area contributed by atoms with Crippen LogP contribution < -0.4 is 20.5 Å². The van der Waals surface area contributed by atoms with Crippen molar-refractivity contribution in [2.45, 2.75) is 13.0 Å². The highest BCUT2D eigenvalue weighted by molar-refractivity contribution is 6.32. The highest BCUT2D eigenvalue weighted by Crippen LogP contribution is 2.39. The second kappa shape index (κ2) is 8.43. The van der Waals surface area contributed by atoms with Crippen molar-refractivity contribution < 1.29 is 19.4 Å². The molecule has 0 aliphatic carbocycles. The second-order valence-corrected chi connectivity index (χ2v) is 5.33. The molecule has 1 heterocycles. The Morgan fingerprint density at radius 1 is 1.45 bits per heavy atom. The molecule has 1 aliphatic heterocycles. The van der Waals surface area contributed by atoms with Crippen LogP contribution in [0.3, 0.4) is 0 Å². The molecule has 0 saturated heterocycles. The van der Waals surface area contributed by atoms with Crippen LogP contribution in [0.25, 0.3) is 0 Å². The predicted octanol–water partition coefficient (Wildman–Crippen LogP) is 1.28. The zero-order valence-electron chi connectivity index (χ0n) is 12.2. The number of rotatable bonds is 5. The fourth-order valence-electron chi connectivity index (χ4n) is 1.92. The summed E-state index contributed by atoms with van der Waals surface area (Å²) in [5, 5.41) is 13.2. The third-order valence-electron chi connectivity index (χ3n) is 3.27. The molecule has 4 N–H and O–H groups in total. The first-order chi connectivity index (χ1) is 10.0. The van der Waals surface area contributed by atoms with Crippen LogP contribution in [0.4, 0.5) is 0 Å². The third kappa shape index (κ3) is 4.39. The molecule has 1 amide bonds. The van der Waals surface area contributed by atoms with Gasteiger partial charge < -0.3 is 25.6 Å². The van der Waals surface area contributed by atoms with Gasteiger partial charge in [-0.2, -0.15) is 0 Å². The summed E-state index contributed by atoms with van der Waals surface area (Å²) in [7, 11) is 0. The molecular weight excluding hydrogens is 331 g/mol. The van der Waals surface area contributed by atoms with Crippen LogP contribution in [0.2, 0.25) is 5.02 Å². The van der Waals surface area contributed by atoms with Gasteiger partial charge >= 0.3 is 0 Å². The Kier molecular flexibility index (Phi) is 7.22. The molecule has 124 valence electrons. The molecule has 0 saturated carbocycles. The number of carbonyl (C=O) groups is 1. The Balaban J connectivity index is 0.00000242. The van der Waals surface area contributed by atoms with Crippen molar-refractivity contribution in [2.24, 2.45) is 11.7 Å². The molecule has 2 rings (SSSR count). The van der Waals surface area contributed by atoms with Crippen LogP contribution in [0, 0.1) is 5.92 Å². The van der Waals surface area contributed by atoms with Crippen molar-refractivity contribution in [3.05, 3.63) is 22.7 Å². The maximum Gasteiger partial charge on any atom is 0.224 e. The highest BCUT2D eigenvalue weighted by atomic mass is 35.5. The standard InChI is InChI=1S/C14H19ClN2O4.ClH/c1-8(6-16)14(19)17-7-11(18)9-4-10(15)13-12(5-9)20-2-3-21-13;/h4-5,8,11,18H,2-3,6-7,16H2,1H3,(H,17,19);1H. The normalized spacial score (nSPS) is 15.5. The number of hydrogen-bond donors (Lipinski definition) is 3. The average molecular weight is 351 g/mol. The van der Waals surface area contributed by atoms with Gasteiger partial charge in [-0.3, -0.25) is 4.79 Å². The Bertz CT molecular complexity index is 528. The quantitative estimate of drug-likeness (QED) is 0.743. The summed E-state index contributed by atoms with van der Waals surface area (Å²) in [6, 6.07) is 3.28. The van der Waals surface area contributed by atoms with Crippen LogP contribution in [-0.4, -0.2) is 37.3 Å². The SMILES string of the molecule is CC(CN)C(=O)NCC(O)c1cc(Cl)c2c(c1)OCCO2.Cl. The molecule has 6 nitrogen and oxygen atoms in total. The topological polar surface area (TPSA) is 93.8 Å². The number of aliphatic hydroxyl groups is 1. The van der Waals surface area contributed by atoms with Gasteiger partial charge in [0.1, 0.15) is 13.2 Å². The number of nitrogens with two attached hydrogens (primary N) is 1. The first-order valence-electron chi connectivity index (χ1n) is 6.77. The average Bonchev–Trinajstić information content (AvgIpc) is 2.51. The van der Waals surface area contributed by atoms with E-state index in [1.54, 1.807) is 19.1 Å². The van der Waals surface area contributed by atoms with E-state index in [1.807, 2.05) is 0 Å². The van der Waals surface area contributed by atoms with E-state index < -0.39 is 6.10 Å². The van der Waals surface area contributed by atoms with Crippen molar-refractivity contribution >= 4 is 29.9 Å². The van der Waals surface area contributed by atoms with Crippen molar-refractivity contribution in [2.75, 3.05) is 26.3 Å². The number of carbonyl (C=O) groups excluding carboxylic acids is 1. The molecule has 0 spiro atoms. The zero-order chi connectivity index (χ0) is 15.4. The van der Waals surface area contributed by atoms with Gasteiger partial charge in [0, 0.05) is 19.0 Å². The number of fused-ring (bicyclic) bond motifs is 1. The molecule has 0 aromatic heterocycles. The molecule has 1 aliphatic rings. The molecule has 0 radical (unpaired) electrons. The smallest absolute Gasteiger partial charge is 0.224 e. The molecule has 0 bridgehead atoms. The molecule has 1 aromatic rings. The van der Waals surface area contributed by atoms with Crippen LogP contribution >= 0.6 is 24.0 Å². The molecular formula is C14H20Cl2N2O4. The van der Waals surface area contributed by atoms with Crippen LogP contribution in [0.5, 0.6) is 11.5 Å². The fourth-order valence-corrected chi connectivity index (χ4v) is 2.19. The minimum absolute atomic E-state index is 0. The second-order valence-electron chi connectivity index (χ2n) is 4.92. The van der Waals surface area contributed by atoms with E-state index in [0.29, 0.717) is 35.3 Å². The van der Waals surface area contributed by atoms with Crippen molar-refractivity contribution in [1.82, 2.24) is 5.32 Å². The molecule has 22 heavy (non-hydrogen) atoms. The summed E-state index contributed by atoms with van der Waals surface area (Å²) in [5.41, 5.74) is 5.98. The van der Waals surface area contributed by atoms with Gasteiger partial charge in [0.15, 0.2) is 11.5 Å². The van der Waals surface area contributed by atoms with E-state index in [4.69, 9.17) is 26.8 Å². The van der Waals surface area contributed by atoms with Gasteiger partial charge in [0.05, 0.1) is 11.1 Å². The number of amides is 1. The summed E-state index contributed by atoms with van der Waals surface area (Å²) in [6.07, 6.45) is -0.882. The largest absolute Gasteiger partial charge is 0.486 e. The van der Waals surface area contributed by atoms with Gasteiger partial charge in [-0.15, -0.1) is 12.4 Å². The van der Waals surface area contributed by atoms with Gasteiger partial charge in [0.25, 0.3) is 0 Å². The Morgan fingerprint density at radius 3 is 2.82 bits per heavy atom. The minimum atomic E-state index is -0.882. The Hall–Kier alpha value is -1.21. The monoisotopic (exact) mass is 350 g/mol. The predicted molar refractivity (Wildman–Crippen MR) is 85.9 cm³/mol. The van der Waals surface area contributed by atoms with Gasteiger partial charge in [-0.25, -0.2) is 0 Å². The van der Waals surface area contributed by atoms with Gasteiger partial charge in [-0.05, 0) is 17.7 Å². The van der Waals surface area contributed by atoms with Crippen molar-refractivity contribution in [3.8, 4) is 11.5 Å². The first kappa shape index (κ1) is 18.8. The first-order valence-corrected chi connectivity index (χ1v) is 7.15. The zero-order valence-corrected chi connectivity index (χ0v) is 13.7. The molecule has 2 atom stereocenters. The number of benzene rings is 1. The molecule has 8 heteroatoms. The molecule has 1 aromatic carbocycles. The van der Waals surface area contributed by atoms with E-state index in [2.05, 4.69) is 5.32 Å². The number of nitrogens with one attached hydrogen (secondary N) is 1. The van der Waals surface area contributed by atoms with Gasteiger partial charge in [-0.1, -0.05) is 18.5 Å². The fraction of sp³-hybridized carbons (Fsp3) is 0.500. The molecule has 0 fully saturated rings. The molecule has 2 unspecified atom stereocenters. The lowest BCUT2D eigenvalue weighted by atomic mass is 10.1. The van der Waals surface area contributed by atoms with E-state index >= 15 is 0 Å². The summed E-state index contributed by atoms with van der Waals surface area (Å²) in [6.45, 7) is 2.95. The van der Waals surface area contributed by atoms with E-state index in [9.17, 15) is 9.90 Å². The lowest BCUT2D eigenvalue weighted by Gasteiger charge is -2.22. The van der Waals surface area contributed by atoms with Crippen molar-refractivity contribution in [3.63, 3.8) is 0 Å². The van der Waals surface area contributed by atoms with Gasteiger partial charge in [0.2, 0.25) is 5.91 Å². The summed E-state index contributed by atoms with van der Waals surface area (Å²) in [5.74, 6) is 0.505. The Morgan fingerprint density at radius 2 is 2.14 bits per heavy atom. The number of aliphatic hydroxyl groups excluding tert-OH is 1. The highest BCUT2D eigenvalue weighted by Gasteiger charge is 2.20. The summed E-state index contributed by atoms with van der Waals surface area (Å²) in [4.78, 5) is 11.6. The Labute approximate surface area is 140 Å². The maximum atomic E-state index is 11.6. The minimum Gasteiger partial charge on any atom is -0.486 e. The number of hydrogen-bond acceptors (Lipinski definition) is 5. The van der Waals surface area contributed by atoms with E-state index in [1.165, 1.54) is 0 Å². The van der Waals surface area contributed by atoms with Crippen molar-refractivity contribution in [1.29, 1.82) is 0 Å². The van der Waals surface area contributed by atoms with Crippen LogP contribution in [0.1, 0.15) is 18.6 Å². The lowest BCUT2D eigenvalue weighted by molar-refractivity contribution is -0.124. The summed E-state index contributed by atoms with van der Waals surface area (Å²) >= 11 is 6.11. The maximum absolute atomic E-state index is 11.6. The number of halogens is 2. The lowest BCUT2D eigenvalue weighted by Crippen LogP contribution is -2.35. The number of ether oxygens (including phenoxy) is 2. The van der Waals surface area contributed by atoms with E-state index in [0.717, 1.165) is 0 Å². The van der Waals surface area contributed by atoms with Crippen LogP contribution in [0.15, 0.2) is 12.1 Å². The van der Waals surface area contributed by atoms with E-state index in [-0.39, 0.29) is 37.3 Å².